The minimum atomic E-state index is 0.341. The summed E-state index contributed by atoms with van der Waals surface area (Å²) in [5, 5.41) is 10.6. The first kappa shape index (κ1) is 21.1. The molecule has 0 bridgehead atoms. The van der Waals surface area contributed by atoms with E-state index in [4.69, 9.17) is 14.0 Å². The van der Waals surface area contributed by atoms with Crippen molar-refractivity contribution in [3.63, 3.8) is 0 Å². The van der Waals surface area contributed by atoms with Gasteiger partial charge < -0.3 is 24.6 Å². The third-order valence-corrected chi connectivity index (χ3v) is 4.45. The standard InChI is InChI=1S/C19H27BrN4O3/c1-6-21-19(23-11-14-9-16(12(2)3)24-27-14)22-10-13-7-15(20)18(26-5)17(8-13)25-4/h7-9,12H,6,10-11H2,1-5H3,(H2,21,22,23). The monoisotopic (exact) mass is 438 g/mol. The Morgan fingerprint density at radius 1 is 1.22 bits per heavy atom. The summed E-state index contributed by atoms with van der Waals surface area (Å²) in [5.74, 6) is 3.15. The van der Waals surface area contributed by atoms with Crippen LogP contribution >= 0.6 is 15.9 Å². The normalized spacial score (nSPS) is 11.6. The molecule has 0 saturated heterocycles. The maximum atomic E-state index is 5.38. The summed E-state index contributed by atoms with van der Waals surface area (Å²) in [7, 11) is 3.23. The van der Waals surface area contributed by atoms with Gasteiger partial charge in [0, 0.05) is 12.6 Å². The molecule has 0 aliphatic heterocycles. The van der Waals surface area contributed by atoms with E-state index >= 15 is 0 Å². The van der Waals surface area contributed by atoms with Gasteiger partial charge in [-0.15, -0.1) is 0 Å². The van der Waals surface area contributed by atoms with Crippen LogP contribution in [0.4, 0.5) is 0 Å². The Bertz CT molecular complexity index is 774. The Balaban J connectivity index is 2.07. The van der Waals surface area contributed by atoms with Gasteiger partial charge in [0.05, 0.1) is 37.5 Å². The van der Waals surface area contributed by atoms with Crippen molar-refractivity contribution in [3.05, 3.63) is 39.7 Å². The van der Waals surface area contributed by atoms with Gasteiger partial charge in [0.15, 0.2) is 23.2 Å². The largest absolute Gasteiger partial charge is 0.493 e. The number of methoxy groups -OCH3 is 2. The number of benzene rings is 1. The Morgan fingerprint density at radius 2 is 2.00 bits per heavy atom. The van der Waals surface area contributed by atoms with Gasteiger partial charge in [-0.1, -0.05) is 19.0 Å². The highest BCUT2D eigenvalue weighted by molar-refractivity contribution is 9.10. The number of guanidine groups is 1. The van der Waals surface area contributed by atoms with Crippen molar-refractivity contribution < 1.29 is 14.0 Å². The first-order valence-corrected chi connectivity index (χ1v) is 9.65. The highest BCUT2D eigenvalue weighted by atomic mass is 79.9. The molecule has 2 rings (SSSR count). The van der Waals surface area contributed by atoms with E-state index < -0.39 is 0 Å². The molecule has 0 radical (unpaired) electrons. The quantitative estimate of drug-likeness (QED) is 0.481. The third kappa shape index (κ3) is 5.89. The number of hydrogen-bond acceptors (Lipinski definition) is 5. The number of halogens is 1. The van der Waals surface area contributed by atoms with Crippen molar-refractivity contribution in [2.75, 3.05) is 20.8 Å². The van der Waals surface area contributed by atoms with E-state index in [0.717, 1.165) is 28.0 Å². The van der Waals surface area contributed by atoms with Gasteiger partial charge in [0.1, 0.15) is 0 Å². The molecule has 0 fully saturated rings. The van der Waals surface area contributed by atoms with Crippen LogP contribution in [0.3, 0.4) is 0 Å². The number of nitrogens with zero attached hydrogens (tertiary/aromatic N) is 2. The van der Waals surface area contributed by atoms with Crippen molar-refractivity contribution in [2.24, 2.45) is 4.99 Å². The summed E-state index contributed by atoms with van der Waals surface area (Å²) in [6.45, 7) is 7.96. The molecule has 0 unspecified atom stereocenters. The Labute approximate surface area is 168 Å². The molecule has 0 aliphatic rings. The van der Waals surface area contributed by atoms with Crippen LogP contribution in [0.15, 0.2) is 32.2 Å². The molecule has 1 aromatic carbocycles. The molecule has 148 valence electrons. The topological polar surface area (TPSA) is 80.9 Å². The molecule has 0 spiro atoms. The van der Waals surface area contributed by atoms with E-state index in [2.05, 4.69) is 50.6 Å². The Morgan fingerprint density at radius 3 is 2.59 bits per heavy atom. The van der Waals surface area contributed by atoms with Crippen LogP contribution in [0.2, 0.25) is 0 Å². The van der Waals surface area contributed by atoms with Gasteiger partial charge in [-0.3, -0.25) is 0 Å². The maximum Gasteiger partial charge on any atom is 0.191 e. The highest BCUT2D eigenvalue weighted by Gasteiger charge is 2.11. The number of nitrogens with one attached hydrogen (secondary N) is 2. The average molecular weight is 439 g/mol. The van der Waals surface area contributed by atoms with Gasteiger partial charge in [-0.25, -0.2) is 4.99 Å². The van der Waals surface area contributed by atoms with Crippen LogP contribution in [0.1, 0.15) is 43.7 Å². The lowest BCUT2D eigenvalue weighted by Crippen LogP contribution is -2.36. The lowest BCUT2D eigenvalue weighted by atomic mass is 10.1. The molecule has 7 nitrogen and oxygen atoms in total. The van der Waals surface area contributed by atoms with Crippen LogP contribution in [0.25, 0.3) is 0 Å². The zero-order valence-corrected chi connectivity index (χ0v) is 18.0. The summed E-state index contributed by atoms with van der Waals surface area (Å²) in [6, 6.07) is 5.86. The number of aromatic nitrogens is 1. The number of rotatable bonds is 8. The maximum absolute atomic E-state index is 5.38. The molecule has 2 aromatic rings. The first-order chi connectivity index (χ1) is 13.0. The molecule has 0 saturated carbocycles. The van der Waals surface area contributed by atoms with Gasteiger partial charge in [0.2, 0.25) is 0 Å². The predicted molar refractivity (Wildman–Crippen MR) is 109 cm³/mol. The fourth-order valence-electron chi connectivity index (χ4n) is 2.43. The number of hydrogen-bond donors (Lipinski definition) is 2. The van der Waals surface area contributed by atoms with E-state index in [0.29, 0.717) is 36.5 Å². The first-order valence-electron chi connectivity index (χ1n) is 8.86. The smallest absolute Gasteiger partial charge is 0.191 e. The Hall–Kier alpha value is -2.22. The summed E-state index contributed by atoms with van der Waals surface area (Å²) in [4.78, 5) is 4.63. The van der Waals surface area contributed by atoms with Crippen molar-refractivity contribution in [1.82, 2.24) is 15.8 Å². The molecule has 0 atom stereocenters. The van der Waals surface area contributed by atoms with Gasteiger partial charge in [-0.2, -0.15) is 0 Å². The second-order valence-electron chi connectivity index (χ2n) is 6.23. The Kier molecular flexibility index (Phi) is 7.97. The van der Waals surface area contributed by atoms with Crippen LogP contribution < -0.4 is 20.1 Å². The molecule has 8 heteroatoms. The predicted octanol–water partition coefficient (Wildman–Crippen LogP) is 3.83. The molecule has 2 N–H and O–H groups in total. The molecule has 1 aromatic heterocycles. The van der Waals surface area contributed by atoms with E-state index in [9.17, 15) is 0 Å². The van der Waals surface area contributed by atoms with E-state index in [1.54, 1.807) is 14.2 Å². The minimum absolute atomic E-state index is 0.341. The third-order valence-electron chi connectivity index (χ3n) is 3.86. The highest BCUT2D eigenvalue weighted by Crippen LogP contribution is 2.36. The fraction of sp³-hybridized carbons (Fsp3) is 0.474. The zero-order chi connectivity index (χ0) is 19.8. The van der Waals surface area contributed by atoms with Crippen molar-refractivity contribution >= 4 is 21.9 Å². The summed E-state index contributed by atoms with van der Waals surface area (Å²) >= 11 is 3.51. The lowest BCUT2D eigenvalue weighted by molar-refractivity contribution is 0.352. The average Bonchev–Trinajstić information content (AvgIpc) is 3.12. The van der Waals surface area contributed by atoms with Gasteiger partial charge in [0.25, 0.3) is 0 Å². The second-order valence-corrected chi connectivity index (χ2v) is 7.09. The van der Waals surface area contributed by atoms with Crippen LogP contribution in [0.5, 0.6) is 11.5 Å². The summed E-state index contributed by atoms with van der Waals surface area (Å²) < 4.78 is 16.9. The van der Waals surface area contributed by atoms with Crippen molar-refractivity contribution in [3.8, 4) is 11.5 Å². The van der Waals surface area contributed by atoms with E-state index in [1.165, 1.54) is 0 Å². The molecule has 0 amide bonds. The van der Waals surface area contributed by atoms with E-state index in [1.807, 2.05) is 25.1 Å². The molecular weight excluding hydrogens is 412 g/mol. The van der Waals surface area contributed by atoms with Crippen molar-refractivity contribution in [2.45, 2.75) is 39.8 Å². The lowest BCUT2D eigenvalue weighted by Gasteiger charge is -2.12. The fourth-order valence-corrected chi connectivity index (χ4v) is 3.08. The van der Waals surface area contributed by atoms with Crippen molar-refractivity contribution in [1.29, 1.82) is 0 Å². The van der Waals surface area contributed by atoms with Gasteiger partial charge >= 0.3 is 0 Å². The van der Waals surface area contributed by atoms with Crippen LogP contribution in [0, 0.1) is 0 Å². The SMILES string of the molecule is CCNC(=NCc1cc(Br)c(OC)c(OC)c1)NCc1cc(C(C)C)no1. The summed E-state index contributed by atoms with van der Waals surface area (Å²) in [6.07, 6.45) is 0. The number of aliphatic imine (C=N–C) groups is 1. The van der Waals surface area contributed by atoms with Gasteiger partial charge in [-0.05, 0) is 46.5 Å². The molecular formula is C19H27BrN4O3. The number of ether oxygens (including phenoxy) is 2. The minimum Gasteiger partial charge on any atom is -0.493 e. The second kappa shape index (κ2) is 10.2. The molecule has 1 heterocycles. The zero-order valence-electron chi connectivity index (χ0n) is 16.4. The van der Waals surface area contributed by atoms with Crippen LogP contribution in [-0.2, 0) is 13.1 Å². The van der Waals surface area contributed by atoms with Crippen LogP contribution in [-0.4, -0.2) is 31.9 Å². The molecule has 0 aliphatic carbocycles. The van der Waals surface area contributed by atoms with E-state index in [-0.39, 0.29) is 0 Å². The summed E-state index contributed by atoms with van der Waals surface area (Å²) in [5.41, 5.74) is 1.95. The molecule has 27 heavy (non-hydrogen) atoms.